The Balaban J connectivity index is 2.83. The molecule has 124 valence electrons. The summed E-state index contributed by atoms with van der Waals surface area (Å²) in [5.41, 5.74) is -0.118. The summed E-state index contributed by atoms with van der Waals surface area (Å²) >= 11 is 0. The molecule has 0 fully saturated rings. The highest BCUT2D eigenvalue weighted by atomic mass is 32.2. The molecule has 7 heteroatoms. The van der Waals surface area contributed by atoms with Crippen LogP contribution in [0.25, 0.3) is 0 Å². The van der Waals surface area contributed by atoms with Crippen molar-refractivity contribution in [3.63, 3.8) is 0 Å². The fourth-order valence-corrected chi connectivity index (χ4v) is 3.50. The second-order valence-electron chi connectivity index (χ2n) is 5.35. The summed E-state index contributed by atoms with van der Waals surface area (Å²) in [6.45, 7) is 4.14. The Morgan fingerprint density at radius 3 is 2.00 bits per heavy atom. The number of benzene rings is 1. The lowest BCUT2D eigenvalue weighted by Gasteiger charge is -2.18. The van der Waals surface area contributed by atoms with Crippen molar-refractivity contribution in [2.75, 3.05) is 0 Å². The van der Waals surface area contributed by atoms with Gasteiger partial charge in [0.1, 0.15) is 0 Å². The molecule has 0 bridgehead atoms. The van der Waals surface area contributed by atoms with Crippen LogP contribution in [0.2, 0.25) is 0 Å². The summed E-state index contributed by atoms with van der Waals surface area (Å²) in [5.74, 6) is 0. The van der Waals surface area contributed by atoms with Crippen LogP contribution in [0.3, 0.4) is 0 Å². The maximum absolute atomic E-state index is 12.4. The van der Waals surface area contributed by atoms with E-state index in [9.17, 15) is 18.5 Å². The van der Waals surface area contributed by atoms with Crippen molar-refractivity contribution in [1.29, 1.82) is 0 Å². The van der Waals surface area contributed by atoms with Crippen LogP contribution in [0.4, 0.5) is 5.69 Å². The average molecular weight is 328 g/mol. The number of hydrogen-bond acceptors (Lipinski definition) is 4. The van der Waals surface area contributed by atoms with E-state index < -0.39 is 14.9 Å². The molecule has 0 heterocycles. The molecule has 1 aromatic rings. The first kappa shape index (κ1) is 18.6. The molecule has 0 saturated heterocycles. The fraction of sp³-hybridized carbons (Fsp3) is 0.600. The van der Waals surface area contributed by atoms with Gasteiger partial charge in [-0.05, 0) is 25.0 Å². The van der Waals surface area contributed by atoms with Gasteiger partial charge >= 0.3 is 0 Å². The van der Waals surface area contributed by atoms with Crippen molar-refractivity contribution < 1.29 is 13.3 Å². The number of non-ortho nitro benzene ring substituents is 1. The number of unbranched alkanes of at least 4 members (excludes halogenated alkanes) is 2. The quantitative estimate of drug-likeness (QED) is 0.524. The van der Waals surface area contributed by atoms with Crippen molar-refractivity contribution >= 4 is 15.7 Å². The number of nitro groups is 1. The lowest BCUT2D eigenvalue weighted by atomic mass is 10.1. The Hall–Kier alpha value is -1.47. The maximum atomic E-state index is 12.4. The van der Waals surface area contributed by atoms with Crippen LogP contribution in [0.5, 0.6) is 0 Å². The van der Waals surface area contributed by atoms with Crippen LogP contribution >= 0.6 is 0 Å². The van der Waals surface area contributed by atoms with Gasteiger partial charge in [0.2, 0.25) is 10.0 Å². The van der Waals surface area contributed by atoms with E-state index in [-0.39, 0.29) is 16.6 Å². The van der Waals surface area contributed by atoms with Gasteiger partial charge in [-0.1, -0.05) is 39.5 Å². The summed E-state index contributed by atoms with van der Waals surface area (Å²) in [7, 11) is -3.64. The highest BCUT2D eigenvalue weighted by Gasteiger charge is 2.20. The second kappa shape index (κ2) is 8.85. The third kappa shape index (κ3) is 5.73. The molecule has 6 nitrogen and oxygen atoms in total. The van der Waals surface area contributed by atoms with Gasteiger partial charge in [0.25, 0.3) is 5.69 Å². The standard InChI is InChI=1S/C15H24N2O4S/c1-3-5-7-13(8-6-4-2)16-22(20,21)15-11-9-14(10-12-15)17(18)19/h9-13,16H,3-8H2,1-2H3. The lowest BCUT2D eigenvalue weighted by Crippen LogP contribution is -2.34. The van der Waals surface area contributed by atoms with Crippen LogP contribution in [0, 0.1) is 10.1 Å². The Bertz CT molecular complexity index is 562. The first-order valence-corrected chi connectivity index (χ1v) is 9.15. The number of hydrogen-bond donors (Lipinski definition) is 1. The Kier molecular flexibility index (Phi) is 7.47. The van der Waals surface area contributed by atoms with Crippen LogP contribution in [-0.4, -0.2) is 19.4 Å². The predicted molar refractivity (Wildman–Crippen MR) is 86.3 cm³/mol. The minimum atomic E-state index is -3.64. The van der Waals surface area contributed by atoms with Crippen molar-refractivity contribution in [2.45, 2.75) is 63.3 Å². The van der Waals surface area contributed by atoms with E-state index in [1.54, 1.807) is 0 Å². The largest absolute Gasteiger partial charge is 0.269 e. The van der Waals surface area contributed by atoms with E-state index in [1.807, 2.05) is 0 Å². The molecule has 0 spiro atoms. The maximum Gasteiger partial charge on any atom is 0.269 e. The monoisotopic (exact) mass is 328 g/mol. The van der Waals surface area contributed by atoms with Crippen LogP contribution in [0.1, 0.15) is 52.4 Å². The van der Waals surface area contributed by atoms with Crippen molar-refractivity contribution in [2.24, 2.45) is 0 Å². The van der Waals surface area contributed by atoms with Gasteiger partial charge in [0, 0.05) is 18.2 Å². The third-order valence-electron chi connectivity index (χ3n) is 3.49. The smallest absolute Gasteiger partial charge is 0.258 e. The number of nitrogens with one attached hydrogen (secondary N) is 1. The highest BCUT2D eigenvalue weighted by molar-refractivity contribution is 7.89. The van der Waals surface area contributed by atoms with E-state index in [0.717, 1.165) is 38.5 Å². The number of rotatable bonds is 10. The molecule has 0 aliphatic carbocycles. The van der Waals surface area contributed by atoms with Crippen LogP contribution in [0.15, 0.2) is 29.2 Å². The van der Waals surface area contributed by atoms with E-state index in [2.05, 4.69) is 18.6 Å². The first-order chi connectivity index (χ1) is 10.4. The molecule has 1 rings (SSSR count). The number of nitro benzene ring substituents is 1. The third-order valence-corrected chi connectivity index (χ3v) is 5.03. The molecule has 0 amide bonds. The zero-order chi connectivity index (χ0) is 16.6. The van der Waals surface area contributed by atoms with Crippen LogP contribution in [-0.2, 0) is 10.0 Å². The van der Waals surface area contributed by atoms with E-state index >= 15 is 0 Å². The van der Waals surface area contributed by atoms with Crippen LogP contribution < -0.4 is 4.72 Å². The van der Waals surface area contributed by atoms with Gasteiger partial charge < -0.3 is 0 Å². The summed E-state index contributed by atoms with van der Waals surface area (Å²) in [6, 6.07) is 4.89. The summed E-state index contributed by atoms with van der Waals surface area (Å²) in [5, 5.41) is 10.6. The molecule has 0 radical (unpaired) electrons. The molecule has 22 heavy (non-hydrogen) atoms. The number of sulfonamides is 1. The Labute approximate surface area is 132 Å². The minimum Gasteiger partial charge on any atom is -0.258 e. The predicted octanol–water partition coefficient (Wildman–Crippen LogP) is 3.62. The van der Waals surface area contributed by atoms with Gasteiger partial charge in [-0.3, -0.25) is 10.1 Å². The number of nitrogens with zero attached hydrogens (tertiary/aromatic N) is 1. The highest BCUT2D eigenvalue weighted by Crippen LogP contribution is 2.18. The zero-order valence-electron chi connectivity index (χ0n) is 13.1. The molecular formula is C15H24N2O4S. The first-order valence-electron chi connectivity index (χ1n) is 7.67. The fourth-order valence-electron chi connectivity index (χ4n) is 2.20. The van der Waals surface area contributed by atoms with Gasteiger partial charge in [0.05, 0.1) is 9.82 Å². The molecule has 0 aliphatic rings. The molecule has 1 aromatic carbocycles. The Morgan fingerprint density at radius 2 is 1.59 bits per heavy atom. The summed E-state index contributed by atoms with van der Waals surface area (Å²) < 4.78 is 27.5. The van der Waals surface area contributed by atoms with Crippen molar-refractivity contribution in [3.05, 3.63) is 34.4 Å². The average Bonchev–Trinajstić information content (AvgIpc) is 2.50. The normalized spacial score (nSPS) is 11.8. The van der Waals surface area contributed by atoms with Gasteiger partial charge in [-0.2, -0.15) is 0 Å². The molecule has 0 unspecified atom stereocenters. The summed E-state index contributed by atoms with van der Waals surface area (Å²) in [6.07, 6.45) is 5.59. The van der Waals surface area contributed by atoms with Crippen molar-refractivity contribution in [1.82, 2.24) is 4.72 Å². The molecule has 0 aliphatic heterocycles. The minimum absolute atomic E-state index is 0.0658. The molecule has 0 saturated carbocycles. The molecular weight excluding hydrogens is 304 g/mol. The second-order valence-corrected chi connectivity index (χ2v) is 7.07. The van der Waals surface area contributed by atoms with E-state index in [1.165, 1.54) is 24.3 Å². The topological polar surface area (TPSA) is 89.3 Å². The summed E-state index contributed by atoms with van der Waals surface area (Å²) in [4.78, 5) is 10.1. The molecule has 0 aromatic heterocycles. The Morgan fingerprint density at radius 1 is 1.09 bits per heavy atom. The molecule has 0 atom stereocenters. The zero-order valence-corrected chi connectivity index (χ0v) is 13.9. The lowest BCUT2D eigenvalue weighted by molar-refractivity contribution is -0.384. The SMILES string of the molecule is CCCCC(CCCC)NS(=O)(=O)c1ccc([N+](=O)[O-])cc1. The van der Waals surface area contributed by atoms with E-state index in [0.29, 0.717) is 0 Å². The van der Waals surface area contributed by atoms with Crippen molar-refractivity contribution in [3.8, 4) is 0 Å². The molecule has 1 N–H and O–H groups in total. The van der Waals surface area contributed by atoms with Gasteiger partial charge in [-0.25, -0.2) is 13.1 Å². The van der Waals surface area contributed by atoms with Gasteiger partial charge in [-0.15, -0.1) is 0 Å². The van der Waals surface area contributed by atoms with Gasteiger partial charge in [0.15, 0.2) is 0 Å². The van der Waals surface area contributed by atoms with E-state index in [4.69, 9.17) is 0 Å².